The summed E-state index contributed by atoms with van der Waals surface area (Å²) in [5.74, 6) is 0.0283. The Morgan fingerprint density at radius 2 is 1.75 bits per heavy atom. The van der Waals surface area contributed by atoms with Crippen molar-refractivity contribution in [1.82, 2.24) is 4.98 Å². The molecule has 1 aromatic heterocycles. The highest BCUT2D eigenvalue weighted by atomic mass is 35.5. The molecule has 0 fully saturated rings. The van der Waals surface area contributed by atoms with Crippen molar-refractivity contribution < 1.29 is 14.2 Å². The van der Waals surface area contributed by atoms with Crippen molar-refractivity contribution in [3.8, 4) is 16.9 Å². The number of halogens is 4. The number of aromatic nitrogens is 1. The van der Waals surface area contributed by atoms with E-state index >= 15 is 0 Å². The molecular weight excluding hydrogens is 426 g/mol. The number of nitrogens with two attached hydrogens (primary N) is 1. The number of hydrogen-bond acceptors (Lipinski definition) is 4. The Bertz CT molecular complexity index is 972. The van der Waals surface area contributed by atoms with Gasteiger partial charge in [0.1, 0.15) is 11.6 Å². The zero-order valence-electron chi connectivity index (χ0n) is 14.8. The Hall–Kier alpha value is -1.89. The number of methoxy groups -OCH3 is 1. The van der Waals surface area contributed by atoms with Crippen molar-refractivity contribution in [3.63, 3.8) is 0 Å². The molecule has 0 aliphatic carbocycles. The van der Waals surface area contributed by atoms with E-state index in [-0.39, 0.29) is 12.4 Å². The summed E-state index contributed by atoms with van der Waals surface area (Å²) in [6.07, 6.45) is 1.67. The van der Waals surface area contributed by atoms with Crippen LogP contribution in [-0.2, 0) is 0 Å². The van der Waals surface area contributed by atoms with Crippen LogP contribution >= 0.6 is 35.6 Å². The number of benzene rings is 2. The smallest absolute Gasteiger partial charge is 0.142 e. The molecule has 0 bridgehead atoms. The quantitative estimate of drug-likeness (QED) is 0.557. The van der Waals surface area contributed by atoms with Crippen LogP contribution in [-0.4, -0.2) is 17.2 Å². The Morgan fingerprint density at radius 1 is 1.04 bits per heavy atom. The Balaban J connectivity index is 0.00000280. The van der Waals surface area contributed by atoms with E-state index in [0.29, 0.717) is 38.0 Å². The molecule has 0 aliphatic heterocycles. The summed E-state index contributed by atoms with van der Waals surface area (Å²) in [4.78, 5) is 3.85. The minimum atomic E-state index is -1.00. The van der Waals surface area contributed by atoms with Crippen molar-refractivity contribution in [2.75, 3.05) is 7.11 Å². The van der Waals surface area contributed by atoms with Crippen molar-refractivity contribution in [3.05, 3.63) is 81.8 Å². The summed E-state index contributed by atoms with van der Waals surface area (Å²) in [6.45, 7) is 0. The maximum Gasteiger partial charge on any atom is 0.142 e. The lowest BCUT2D eigenvalue weighted by molar-refractivity contribution is 0.146. The molecule has 0 saturated heterocycles. The maximum atomic E-state index is 13.5. The van der Waals surface area contributed by atoms with Gasteiger partial charge >= 0.3 is 0 Å². The summed E-state index contributed by atoms with van der Waals surface area (Å²) in [7, 11) is 1.50. The first-order valence-corrected chi connectivity index (χ1v) is 8.83. The summed E-state index contributed by atoms with van der Waals surface area (Å²) < 4.78 is 18.9. The largest absolute Gasteiger partial charge is 0.496 e. The van der Waals surface area contributed by atoms with Crippen LogP contribution < -0.4 is 10.5 Å². The number of nitrogens with zero attached hydrogens (tertiary/aromatic N) is 1. The standard InChI is InChI=1S/C20H17Cl2FN2O2.ClH/c1-27-18-8-12(2-4-15(18)13-6-14(23)10-25-9-13)20(26)19(24)11-3-5-16(21)17(22)7-11;/h2-10,19-20,26H,24H2,1H3;1H/t19-,20+;/m0./s1. The number of rotatable bonds is 5. The predicted molar refractivity (Wildman–Crippen MR) is 112 cm³/mol. The van der Waals surface area contributed by atoms with Gasteiger partial charge in [0.2, 0.25) is 0 Å². The monoisotopic (exact) mass is 442 g/mol. The highest BCUT2D eigenvalue weighted by molar-refractivity contribution is 6.42. The lowest BCUT2D eigenvalue weighted by Gasteiger charge is -2.21. The fourth-order valence-corrected chi connectivity index (χ4v) is 3.11. The van der Waals surface area contributed by atoms with E-state index in [1.807, 2.05) is 0 Å². The fraction of sp³-hybridized carbons (Fsp3) is 0.150. The number of aliphatic hydroxyl groups is 1. The lowest BCUT2D eigenvalue weighted by atomic mass is 9.94. The van der Waals surface area contributed by atoms with E-state index < -0.39 is 18.0 Å². The van der Waals surface area contributed by atoms with Crippen molar-refractivity contribution in [1.29, 1.82) is 0 Å². The molecule has 8 heteroatoms. The first-order chi connectivity index (χ1) is 12.9. The molecule has 0 amide bonds. The van der Waals surface area contributed by atoms with Crippen LogP contribution in [0.3, 0.4) is 0 Å². The van der Waals surface area contributed by atoms with Gasteiger partial charge in [-0.2, -0.15) is 0 Å². The van der Waals surface area contributed by atoms with Crippen LogP contribution in [0.1, 0.15) is 23.3 Å². The Morgan fingerprint density at radius 3 is 2.39 bits per heavy atom. The van der Waals surface area contributed by atoms with Crippen LogP contribution in [0.15, 0.2) is 54.9 Å². The van der Waals surface area contributed by atoms with Gasteiger partial charge in [0.25, 0.3) is 0 Å². The second-order valence-electron chi connectivity index (χ2n) is 6.00. The van der Waals surface area contributed by atoms with Crippen LogP contribution in [0.4, 0.5) is 4.39 Å². The van der Waals surface area contributed by atoms with Gasteiger partial charge in [0.15, 0.2) is 0 Å². The summed E-state index contributed by atoms with van der Waals surface area (Å²) in [5, 5.41) is 11.5. The number of ether oxygens (including phenoxy) is 1. The normalized spacial score (nSPS) is 12.8. The third-order valence-electron chi connectivity index (χ3n) is 4.25. The molecule has 0 radical (unpaired) electrons. The SMILES string of the molecule is COc1cc([C@@H](O)[C@@H](N)c2ccc(Cl)c(Cl)c2)ccc1-c1cncc(F)c1.Cl. The average molecular weight is 444 g/mol. The molecule has 0 spiro atoms. The molecule has 2 atom stereocenters. The van der Waals surface area contributed by atoms with E-state index in [1.54, 1.807) is 42.6 Å². The number of pyridine rings is 1. The molecule has 148 valence electrons. The summed E-state index contributed by atoms with van der Waals surface area (Å²) in [6, 6.07) is 10.7. The minimum absolute atomic E-state index is 0. The van der Waals surface area contributed by atoms with Crippen LogP contribution in [0.2, 0.25) is 10.0 Å². The van der Waals surface area contributed by atoms with Gasteiger partial charge in [-0.05, 0) is 35.4 Å². The third-order valence-corrected chi connectivity index (χ3v) is 4.99. The maximum absolute atomic E-state index is 13.5. The zero-order chi connectivity index (χ0) is 19.6. The minimum Gasteiger partial charge on any atom is -0.496 e. The molecular formula is C20H18Cl3FN2O2. The molecule has 3 rings (SSSR count). The van der Waals surface area contributed by atoms with Gasteiger partial charge in [-0.15, -0.1) is 12.4 Å². The van der Waals surface area contributed by atoms with Gasteiger partial charge in [-0.25, -0.2) is 4.39 Å². The lowest BCUT2D eigenvalue weighted by Crippen LogP contribution is -2.19. The van der Waals surface area contributed by atoms with E-state index in [1.165, 1.54) is 13.2 Å². The van der Waals surface area contributed by atoms with E-state index in [0.717, 1.165) is 6.20 Å². The molecule has 0 saturated carbocycles. The first-order valence-electron chi connectivity index (χ1n) is 8.08. The fourth-order valence-electron chi connectivity index (χ4n) is 2.80. The first kappa shape index (κ1) is 22.4. The molecule has 3 N–H and O–H groups in total. The Labute approximate surface area is 178 Å². The van der Waals surface area contributed by atoms with Crippen molar-refractivity contribution >= 4 is 35.6 Å². The van der Waals surface area contributed by atoms with E-state index in [4.69, 9.17) is 33.7 Å². The number of hydrogen-bond donors (Lipinski definition) is 2. The van der Waals surface area contributed by atoms with Crippen molar-refractivity contribution in [2.24, 2.45) is 5.73 Å². The predicted octanol–water partition coefficient (Wildman–Crippen LogP) is 5.36. The highest BCUT2D eigenvalue weighted by Crippen LogP contribution is 2.36. The van der Waals surface area contributed by atoms with Gasteiger partial charge in [-0.1, -0.05) is 41.4 Å². The summed E-state index contributed by atoms with van der Waals surface area (Å²) >= 11 is 12.0. The Kier molecular flexibility index (Phi) is 7.63. The second-order valence-corrected chi connectivity index (χ2v) is 6.81. The van der Waals surface area contributed by atoms with Crippen LogP contribution in [0.5, 0.6) is 5.75 Å². The molecule has 28 heavy (non-hydrogen) atoms. The summed E-state index contributed by atoms with van der Waals surface area (Å²) in [5.41, 5.74) is 8.63. The van der Waals surface area contributed by atoms with Crippen molar-refractivity contribution in [2.45, 2.75) is 12.1 Å². The molecule has 0 unspecified atom stereocenters. The molecule has 0 aliphatic rings. The highest BCUT2D eigenvalue weighted by Gasteiger charge is 2.21. The zero-order valence-corrected chi connectivity index (χ0v) is 17.1. The molecule has 3 aromatic rings. The van der Waals surface area contributed by atoms with Gasteiger partial charge in [0, 0.05) is 17.3 Å². The average Bonchev–Trinajstić information content (AvgIpc) is 2.68. The van der Waals surface area contributed by atoms with Gasteiger partial charge < -0.3 is 15.6 Å². The van der Waals surface area contributed by atoms with Crippen LogP contribution in [0.25, 0.3) is 11.1 Å². The number of aliphatic hydroxyl groups excluding tert-OH is 1. The van der Waals surface area contributed by atoms with Gasteiger partial charge in [0.05, 0.1) is 35.5 Å². The topological polar surface area (TPSA) is 68.4 Å². The molecule has 2 aromatic carbocycles. The van der Waals surface area contributed by atoms with Crippen LogP contribution in [0, 0.1) is 5.82 Å². The van der Waals surface area contributed by atoms with E-state index in [2.05, 4.69) is 4.98 Å². The van der Waals surface area contributed by atoms with E-state index in [9.17, 15) is 9.50 Å². The molecule has 4 nitrogen and oxygen atoms in total. The third kappa shape index (κ3) is 4.74. The van der Waals surface area contributed by atoms with Gasteiger partial charge in [-0.3, -0.25) is 4.98 Å². The second kappa shape index (κ2) is 9.54. The molecule has 1 heterocycles.